The van der Waals surface area contributed by atoms with Gasteiger partial charge in [-0.2, -0.15) is 11.8 Å². The highest BCUT2D eigenvalue weighted by atomic mass is 32.2. The Hall–Kier alpha value is -1.32. The summed E-state index contributed by atoms with van der Waals surface area (Å²) >= 11 is 1.35. The average molecular weight is 363 g/mol. The lowest BCUT2D eigenvalue weighted by atomic mass is 10.0. The van der Waals surface area contributed by atoms with Crippen molar-refractivity contribution in [2.75, 3.05) is 13.3 Å². The predicted molar refractivity (Wildman–Crippen MR) is 92.7 cm³/mol. The summed E-state index contributed by atoms with van der Waals surface area (Å²) in [5.41, 5.74) is 0. The molecule has 0 aromatic carbocycles. The molecule has 0 saturated heterocycles. The predicted octanol–water partition coefficient (Wildman–Crippen LogP) is 0.967. The van der Waals surface area contributed by atoms with Crippen LogP contribution in [-0.4, -0.2) is 63.4 Å². The van der Waals surface area contributed by atoms with Gasteiger partial charge in [0.2, 0.25) is 5.91 Å². The van der Waals surface area contributed by atoms with E-state index in [4.69, 9.17) is 0 Å². The number of aliphatic hydroxyl groups excluding tert-OH is 1. The molecule has 0 saturated carbocycles. The van der Waals surface area contributed by atoms with E-state index in [2.05, 4.69) is 10.6 Å². The van der Waals surface area contributed by atoms with Gasteiger partial charge in [0.1, 0.15) is 12.1 Å². The first kappa shape index (κ1) is 22.7. The number of amides is 4. The number of hydrogen-bond acceptors (Lipinski definition) is 6. The Bertz CT molecular complexity index is 456. The van der Waals surface area contributed by atoms with Gasteiger partial charge >= 0.3 is 6.03 Å². The van der Waals surface area contributed by atoms with E-state index < -0.39 is 34.7 Å². The molecule has 0 radical (unpaired) electrons. The van der Waals surface area contributed by atoms with Gasteiger partial charge in [0.25, 0.3) is 5.91 Å². The van der Waals surface area contributed by atoms with Gasteiger partial charge in [-0.05, 0) is 38.9 Å². The Kier molecular flexibility index (Phi) is 9.31. The number of hydrogen-bond donors (Lipinski definition) is 4. The van der Waals surface area contributed by atoms with Crippen molar-refractivity contribution in [2.24, 2.45) is 5.92 Å². The molecule has 0 aliphatic heterocycles. The van der Waals surface area contributed by atoms with Crippen molar-refractivity contribution in [3.63, 3.8) is 0 Å². The highest BCUT2D eigenvalue weighted by Gasteiger charge is 2.37. The second-order valence-electron chi connectivity index (χ2n) is 6.44. The third-order valence-electron chi connectivity index (χ3n) is 3.70. The first-order valence-corrected chi connectivity index (χ1v) is 8.98. The minimum absolute atomic E-state index is 0.135. The van der Waals surface area contributed by atoms with Crippen LogP contribution in [0.1, 0.15) is 40.5 Å². The summed E-state index contributed by atoms with van der Waals surface area (Å²) in [6.07, 6.45) is 1.01. The number of aliphatic hydroxyl groups is 1. The van der Waals surface area contributed by atoms with Crippen molar-refractivity contribution in [3.05, 3.63) is 0 Å². The number of nitrogens with zero attached hydrogens (tertiary/aromatic N) is 1. The number of nitrogens with one attached hydrogen (secondary N) is 2. The van der Waals surface area contributed by atoms with Crippen LogP contribution in [0, 0.1) is 5.92 Å². The summed E-state index contributed by atoms with van der Waals surface area (Å²) in [7, 11) is 1.43. The van der Waals surface area contributed by atoms with E-state index in [1.807, 2.05) is 13.8 Å². The van der Waals surface area contributed by atoms with Crippen molar-refractivity contribution < 1.29 is 24.7 Å². The van der Waals surface area contributed by atoms with E-state index >= 15 is 0 Å². The van der Waals surface area contributed by atoms with E-state index in [1.54, 1.807) is 20.1 Å². The topological polar surface area (TPSA) is 119 Å². The molecule has 0 aromatic heterocycles. The van der Waals surface area contributed by atoms with Crippen LogP contribution in [0.25, 0.3) is 0 Å². The number of likely N-dealkylation sites (N-methyl/N-ethyl adjacent to an activating group) is 1. The Morgan fingerprint density at radius 3 is 2.17 bits per heavy atom. The standard InChI is InChI=1S/C15H29N3O5S/c1-9(2)7-8-10(19)13(21)18(23)14(22)17-11(12(20)16-5)15(3,4)24-6/h9-11,19,23H,7-8H2,1-6H3,(H,16,20)(H,17,22)/t10-,11?/m0/s1. The summed E-state index contributed by atoms with van der Waals surface area (Å²) in [4.78, 5) is 35.9. The number of urea groups is 1. The van der Waals surface area contributed by atoms with Gasteiger partial charge in [0, 0.05) is 11.8 Å². The Morgan fingerprint density at radius 1 is 1.21 bits per heavy atom. The first-order chi connectivity index (χ1) is 11.0. The quantitative estimate of drug-likeness (QED) is 0.377. The van der Waals surface area contributed by atoms with Gasteiger partial charge in [-0.15, -0.1) is 5.06 Å². The number of carbonyl (C=O) groups excluding carboxylic acids is 3. The summed E-state index contributed by atoms with van der Waals surface area (Å²) < 4.78 is -0.671. The summed E-state index contributed by atoms with van der Waals surface area (Å²) in [5, 5.41) is 24.1. The van der Waals surface area contributed by atoms with Crippen LogP contribution in [-0.2, 0) is 9.59 Å². The fourth-order valence-electron chi connectivity index (χ4n) is 1.86. The molecule has 0 rings (SSSR count). The molecule has 24 heavy (non-hydrogen) atoms. The lowest BCUT2D eigenvalue weighted by Gasteiger charge is -2.32. The molecule has 4 amide bonds. The molecular weight excluding hydrogens is 334 g/mol. The lowest BCUT2D eigenvalue weighted by Crippen LogP contribution is -2.59. The van der Waals surface area contributed by atoms with Crippen LogP contribution in [0.5, 0.6) is 0 Å². The van der Waals surface area contributed by atoms with Gasteiger partial charge in [-0.3, -0.25) is 14.8 Å². The van der Waals surface area contributed by atoms with Crippen molar-refractivity contribution in [1.82, 2.24) is 15.7 Å². The van der Waals surface area contributed by atoms with Crippen molar-refractivity contribution in [1.29, 1.82) is 0 Å². The second kappa shape index (κ2) is 9.85. The second-order valence-corrected chi connectivity index (χ2v) is 7.90. The number of thioether (sulfide) groups is 1. The molecular formula is C15H29N3O5S. The first-order valence-electron chi connectivity index (χ1n) is 7.76. The van der Waals surface area contributed by atoms with Crippen LogP contribution in [0.3, 0.4) is 0 Å². The number of hydroxylamine groups is 2. The van der Waals surface area contributed by atoms with Crippen molar-refractivity contribution >= 4 is 29.6 Å². The molecule has 0 aliphatic rings. The smallest absolute Gasteiger partial charge is 0.349 e. The number of rotatable bonds is 8. The largest absolute Gasteiger partial charge is 0.383 e. The fourth-order valence-corrected chi connectivity index (χ4v) is 2.26. The maximum Gasteiger partial charge on any atom is 0.349 e. The Morgan fingerprint density at radius 2 is 1.75 bits per heavy atom. The number of carbonyl (C=O) groups is 3. The molecule has 8 nitrogen and oxygen atoms in total. The van der Waals surface area contributed by atoms with Crippen LogP contribution in [0.4, 0.5) is 4.79 Å². The molecule has 1 unspecified atom stereocenters. The zero-order valence-corrected chi connectivity index (χ0v) is 15.9. The van der Waals surface area contributed by atoms with Crippen LogP contribution >= 0.6 is 11.8 Å². The third-order valence-corrected chi connectivity index (χ3v) is 4.99. The van der Waals surface area contributed by atoms with Crippen LogP contribution < -0.4 is 10.6 Å². The van der Waals surface area contributed by atoms with Crippen LogP contribution in [0.15, 0.2) is 0 Å². The highest BCUT2D eigenvalue weighted by molar-refractivity contribution is 8.00. The Balaban J connectivity index is 4.98. The minimum atomic E-state index is -1.48. The third kappa shape index (κ3) is 6.66. The van der Waals surface area contributed by atoms with E-state index in [1.165, 1.54) is 18.8 Å². The normalized spacial score (nSPS) is 14.0. The average Bonchev–Trinajstić information content (AvgIpc) is 2.54. The zero-order valence-electron chi connectivity index (χ0n) is 15.1. The minimum Gasteiger partial charge on any atom is -0.383 e. The van der Waals surface area contributed by atoms with Gasteiger partial charge in [0.05, 0.1) is 0 Å². The molecule has 0 heterocycles. The highest BCUT2D eigenvalue weighted by Crippen LogP contribution is 2.26. The summed E-state index contributed by atoms with van der Waals surface area (Å²) in [6, 6.07) is -2.13. The summed E-state index contributed by atoms with van der Waals surface area (Å²) in [6.45, 7) is 7.36. The monoisotopic (exact) mass is 363 g/mol. The number of imide groups is 1. The maximum absolute atomic E-state index is 12.1. The fraction of sp³-hybridized carbons (Fsp3) is 0.800. The van der Waals surface area contributed by atoms with E-state index in [0.29, 0.717) is 6.42 Å². The molecule has 4 N–H and O–H groups in total. The molecule has 2 atom stereocenters. The van der Waals surface area contributed by atoms with Gasteiger partial charge in [-0.1, -0.05) is 13.8 Å². The van der Waals surface area contributed by atoms with E-state index in [9.17, 15) is 24.7 Å². The Labute approximate surface area is 147 Å². The lowest BCUT2D eigenvalue weighted by molar-refractivity contribution is -0.163. The van der Waals surface area contributed by atoms with E-state index in [0.717, 1.165) is 0 Å². The molecule has 140 valence electrons. The SMILES string of the molecule is CNC(=O)C(NC(=O)N(O)C(=O)[C@@H](O)CCC(C)C)C(C)(C)SC. The molecule has 0 bridgehead atoms. The molecule has 9 heteroatoms. The zero-order chi connectivity index (χ0) is 19.1. The molecule has 0 aromatic rings. The maximum atomic E-state index is 12.1. The van der Waals surface area contributed by atoms with Gasteiger partial charge in [-0.25, -0.2) is 4.79 Å². The van der Waals surface area contributed by atoms with Gasteiger partial charge < -0.3 is 15.7 Å². The van der Waals surface area contributed by atoms with Crippen molar-refractivity contribution in [3.8, 4) is 0 Å². The van der Waals surface area contributed by atoms with Crippen LogP contribution in [0.2, 0.25) is 0 Å². The van der Waals surface area contributed by atoms with Crippen molar-refractivity contribution in [2.45, 2.75) is 57.4 Å². The molecule has 0 aliphatic carbocycles. The van der Waals surface area contributed by atoms with E-state index in [-0.39, 0.29) is 17.4 Å². The van der Waals surface area contributed by atoms with Gasteiger partial charge in [0.15, 0.2) is 0 Å². The molecule has 0 fully saturated rings. The summed E-state index contributed by atoms with van der Waals surface area (Å²) in [5.74, 6) is -1.30. The molecule has 0 spiro atoms.